The zero-order valence-corrected chi connectivity index (χ0v) is 12.8. The first-order valence-electron chi connectivity index (χ1n) is 7.21. The molecule has 1 saturated heterocycles. The second kappa shape index (κ2) is 6.57. The first-order chi connectivity index (χ1) is 9.52. The summed E-state index contributed by atoms with van der Waals surface area (Å²) in [6, 6.07) is 6.23. The molecule has 1 aliphatic rings. The van der Waals surface area contributed by atoms with Gasteiger partial charge in [0, 0.05) is 19.1 Å². The Bertz CT molecular complexity index is 447. The standard InChI is InChI=1S/C16H25NO3/c1-11(2)17-7-8-20-15(10-17)16(18)14-6-5-13(19-4)9-12(14)3/h5-6,9,11,15-16,18H,7-8,10H2,1-4H3. The summed E-state index contributed by atoms with van der Waals surface area (Å²) in [5, 5.41) is 10.6. The molecule has 1 N–H and O–H groups in total. The molecule has 4 nitrogen and oxygen atoms in total. The molecule has 1 aromatic rings. The Morgan fingerprint density at radius 3 is 2.75 bits per heavy atom. The molecule has 1 aliphatic heterocycles. The molecule has 1 fully saturated rings. The Kier molecular flexibility index (Phi) is 5.02. The lowest BCUT2D eigenvalue weighted by Crippen LogP contribution is -2.47. The molecule has 2 atom stereocenters. The molecule has 20 heavy (non-hydrogen) atoms. The van der Waals surface area contributed by atoms with E-state index in [0.717, 1.165) is 30.0 Å². The number of morpholine rings is 1. The zero-order valence-electron chi connectivity index (χ0n) is 12.8. The summed E-state index contributed by atoms with van der Waals surface area (Å²) in [5.41, 5.74) is 1.95. The average Bonchev–Trinajstić information content (AvgIpc) is 2.46. The highest BCUT2D eigenvalue weighted by atomic mass is 16.5. The minimum Gasteiger partial charge on any atom is -0.497 e. The third kappa shape index (κ3) is 3.32. The van der Waals surface area contributed by atoms with Gasteiger partial charge in [0.05, 0.1) is 13.7 Å². The van der Waals surface area contributed by atoms with Crippen LogP contribution < -0.4 is 4.74 Å². The fraction of sp³-hybridized carbons (Fsp3) is 0.625. The number of rotatable bonds is 4. The van der Waals surface area contributed by atoms with Gasteiger partial charge < -0.3 is 14.6 Å². The largest absolute Gasteiger partial charge is 0.497 e. The van der Waals surface area contributed by atoms with Crippen molar-refractivity contribution in [2.24, 2.45) is 0 Å². The van der Waals surface area contributed by atoms with Crippen molar-refractivity contribution >= 4 is 0 Å². The van der Waals surface area contributed by atoms with E-state index in [4.69, 9.17) is 9.47 Å². The monoisotopic (exact) mass is 279 g/mol. The Balaban J connectivity index is 2.12. The van der Waals surface area contributed by atoms with Crippen LogP contribution in [0, 0.1) is 6.92 Å². The molecular weight excluding hydrogens is 254 g/mol. The fourth-order valence-corrected chi connectivity index (χ4v) is 2.66. The molecule has 0 bridgehead atoms. The molecule has 0 aliphatic carbocycles. The number of hydrogen-bond acceptors (Lipinski definition) is 4. The Labute approximate surface area is 121 Å². The lowest BCUT2D eigenvalue weighted by Gasteiger charge is -2.37. The highest BCUT2D eigenvalue weighted by Gasteiger charge is 2.29. The number of ether oxygens (including phenoxy) is 2. The lowest BCUT2D eigenvalue weighted by atomic mass is 9.98. The Morgan fingerprint density at radius 2 is 2.15 bits per heavy atom. The molecule has 0 saturated carbocycles. The van der Waals surface area contributed by atoms with Gasteiger partial charge in [-0.3, -0.25) is 4.90 Å². The van der Waals surface area contributed by atoms with Gasteiger partial charge in [-0.1, -0.05) is 6.07 Å². The van der Waals surface area contributed by atoms with Crippen LogP contribution in [0.1, 0.15) is 31.1 Å². The van der Waals surface area contributed by atoms with Crippen LogP contribution in [-0.2, 0) is 4.74 Å². The van der Waals surface area contributed by atoms with E-state index in [1.807, 2.05) is 25.1 Å². The molecule has 0 spiro atoms. The van der Waals surface area contributed by atoms with Crippen LogP contribution in [0.15, 0.2) is 18.2 Å². The first kappa shape index (κ1) is 15.3. The molecule has 4 heteroatoms. The summed E-state index contributed by atoms with van der Waals surface area (Å²) < 4.78 is 11.0. The minimum absolute atomic E-state index is 0.168. The van der Waals surface area contributed by atoms with Crippen LogP contribution in [0.2, 0.25) is 0 Å². The highest BCUT2D eigenvalue weighted by Crippen LogP contribution is 2.28. The summed E-state index contributed by atoms with van der Waals surface area (Å²) in [6.07, 6.45) is -0.763. The van der Waals surface area contributed by atoms with E-state index in [9.17, 15) is 5.11 Å². The maximum atomic E-state index is 10.6. The molecule has 2 unspecified atom stereocenters. The summed E-state index contributed by atoms with van der Waals surface area (Å²) in [7, 11) is 1.65. The lowest BCUT2D eigenvalue weighted by molar-refractivity contribution is -0.0963. The van der Waals surface area contributed by atoms with Crippen molar-refractivity contribution in [2.75, 3.05) is 26.8 Å². The van der Waals surface area contributed by atoms with Crippen LogP contribution in [0.3, 0.4) is 0 Å². The normalized spacial score (nSPS) is 22.0. The van der Waals surface area contributed by atoms with E-state index in [-0.39, 0.29) is 6.10 Å². The van der Waals surface area contributed by atoms with Gasteiger partial charge in [0.1, 0.15) is 18.0 Å². The van der Waals surface area contributed by atoms with E-state index < -0.39 is 6.10 Å². The number of methoxy groups -OCH3 is 1. The van der Waals surface area contributed by atoms with Crippen molar-refractivity contribution in [1.29, 1.82) is 0 Å². The van der Waals surface area contributed by atoms with Crippen molar-refractivity contribution in [3.05, 3.63) is 29.3 Å². The molecule has 2 rings (SSSR count). The van der Waals surface area contributed by atoms with Crippen molar-refractivity contribution < 1.29 is 14.6 Å². The van der Waals surface area contributed by atoms with Crippen LogP contribution in [-0.4, -0.2) is 49.0 Å². The SMILES string of the molecule is COc1ccc(C(O)C2CN(C(C)C)CCO2)c(C)c1. The van der Waals surface area contributed by atoms with Crippen LogP contribution in [0.5, 0.6) is 5.75 Å². The molecule has 112 valence electrons. The first-order valence-corrected chi connectivity index (χ1v) is 7.21. The molecule has 0 aromatic heterocycles. The van der Waals surface area contributed by atoms with E-state index in [2.05, 4.69) is 18.7 Å². The Morgan fingerprint density at radius 1 is 1.40 bits per heavy atom. The summed E-state index contributed by atoms with van der Waals surface area (Å²) >= 11 is 0. The predicted molar refractivity (Wildman–Crippen MR) is 79.1 cm³/mol. The van der Waals surface area contributed by atoms with E-state index >= 15 is 0 Å². The van der Waals surface area contributed by atoms with Gasteiger partial charge in [0.25, 0.3) is 0 Å². The van der Waals surface area contributed by atoms with Crippen LogP contribution in [0.25, 0.3) is 0 Å². The topological polar surface area (TPSA) is 41.9 Å². The minimum atomic E-state index is -0.595. The molecule has 0 amide bonds. The fourth-order valence-electron chi connectivity index (χ4n) is 2.66. The predicted octanol–water partition coefficient (Wildman–Crippen LogP) is 2.15. The summed E-state index contributed by atoms with van der Waals surface area (Å²) in [5.74, 6) is 0.812. The van der Waals surface area contributed by atoms with Gasteiger partial charge in [-0.15, -0.1) is 0 Å². The van der Waals surface area contributed by atoms with Crippen LogP contribution in [0.4, 0.5) is 0 Å². The van der Waals surface area contributed by atoms with E-state index in [1.165, 1.54) is 0 Å². The number of aliphatic hydroxyl groups is 1. The number of benzene rings is 1. The van der Waals surface area contributed by atoms with Gasteiger partial charge in [-0.05, 0) is 44.0 Å². The number of aliphatic hydroxyl groups excluding tert-OH is 1. The van der Waals surface area contributed by atoms with Crippen molar-refractivity contribution in [2.45, 2.75) is 39.0 Å². The molecule has 0 radical (unpaired) electrons. The van der Waals surface area contributed by atoms with Gasteiger partial charge in [-0.25, -0.2) is 0 Å². The number of aryl methyl sites for hydroxylation is 1. The zero-order chi connectivity index (χ0) is 14.7. The average molecular weight is 279 g/mol. The Hall–Kier alpha value is -1.10. The molecular formula is C16H25NO3. The maximum Gasteiger partial charge on any atom is 0.119 e. The van der Waals surface area contributed by atoms with Crippen LogP contribution >= 0.6 is 0 Å². The maximum absolute atomic E-state index is 10.6. The summed E-state index contributed by atoms with van der Waals surface area (Å²) in [6.45, 7) is 8.72. The quantitative estimate of drug-likeness (QED) is 0.917. The van der Waals surface area contributed by atoms with Gasteiger partial charge in [0.2, 0.25) is 0 Å². The third-order valence-electron chi connectivity index (χ3n) is 4.00. The third-order valence-corrected chi connectivity index (χ3v) is 4.00. The summed E-state index contributed by atoms with van der Waals surface area (Å²) in [4.78, 5) is 2.34. The van der Waals surface area contributed by atoms with Gasteiger partial charge >= 0.3 is 0 Å². The van der Waals surface area contributed by atoms with E-state index in [1.54, 1.807) is 7.11 Å². The second-order valence-corrected chi connectivity index (χ2v) is 5.67. The van der Waals surface area contributed by atoms with Crippen molar-refractivity contribution in [1.82, 2.24) is 4.90 Å². The van der Waals surface area contributed by atoms with Gasteiger partial charge in [0.15, 0.2) is 0 Å². The number of nitrogens with zero attached hydrogens (tertiary/aromatic N) is 1. The van der Waals surface area contributed by atoms with Gasteiger partial charge in [-0.2, -0.15) is 0 Å². The highest BCUT2D eigenvalue weighted by molar-refractivity contribution is 5.36. The molecule has 1 aromatic carbocycles. The number of hydrogen-bond donors (Lipinski definition) is 1. The smallest absolute Gasteiger partial charge is 0.119 e. The van der Waals surface area contributed by atoms with Crippen molar-refractivity contribution in [3.63, 3.8) is 0 Å². The second-order valence-electron chi connectivity index (χ2n) is 5.67. The van der Waals surface area contributed by atoms with E-state index in [0.29, 0.717) is 12.6 Å². The molecule has 1 heterocycles. The van der Waals surface area contributed by atoms with Crippen molar-refractivity contribution in [3.8, 4) is 5.75 Å².